The Hall–Kier alpha value is -2.06. The third-order valence-electron chi connectivity index (χ3n) is 4.09. The van der Waals surface area contributed by atoms with Gasteiger partial charge in [-0.25, -0.2) is 17.9 Å². The van der Waals surface area contributed by atoms with Gasteiger partial charge in [0.15, 0.2) is 0 Å². The number of nitrogens with zero attached hydrogens (tertiary/aromatic N) is 4. The standard InChI is InChI=1S/C16H16N4O2S2/c1-23-16-17-11-14-6-7-15(20(14)18-16)12-4-2-5-13(10-12)19-8-3-9-24(19,21)22/h2,4-7,10-11H,3,8-9H2,1H3. The monoisotopic (exact) mass is 360 g/mol. The van der Waals surface area contributed by atoms with Crippen LogP contribution in [0.3, 0.4) is 0 Å². The number of rotatable bonds is 3. The number of fused-ring (bicyclic) bond motifs is 1. The van der Waals surface area contributed by atoms with E-state index in [-0.39, 0.29) is 5.75 Å². The second kappa shape index (κ2) is 5.78. The summed E-state index contributed by atoms with van der Waals surface area (Å²) in [5, 5.41) is 5.22. The first kappa shape index (κ1) is 15.5. The first-order chi connectivity index (χ1) is 11.6. The van der Waals surface area contributed by atoms with E-state index >= 15 is 0 Å². The second-order valence-corrected chi connectivity index (χ2v) is 8.38. The maximum Gasteiger partial charge on any atom is 0.235 e. The Bertz CT molecular complexity index is 1010. The Balaban J connectivity index is 1.82. The lowest BCUT2D eigenvalue weighted by Crippen LogP contribution is -2.24. The van der Waals surface area contributed by atoms with Crippen molar-refractivity contribution in [1.29, 1.82) is 0 Å². The lowest BCUT2D eigenvalue weighted by Gasteiger charge is -2.17. The average Bonchev–Trinajstić information content (AvgIpc) is 3.16. The molecule has 8 heteroatoms. The van der Waals surface area contributed by atoms with Crippen LogP contribution < -0.4 is 4.31 Å². The lowest BCUT2D eigenvalue weighted by molar-refractivity contribution is 0.599. The lowest BCUT2D eigenvalue weighted by atomic mass is 10.1. The summed E-state index contributed by atoms with van der Waals surface area (Å²) < 4.78 is 27.6. The van der Waals surface area contributed by atoms with Gasteiger partial charge in [0, 0.05) is 12.1 Å². The van der Waals surface area contributed by atoms with Crippen molar-refractivity contribution in [1.82, 2.24) is 14.6 Å². The Morgan fingerprint density at radius 3 is 2.83 bits per heavy atom. The zero-order valence-corrected chi connectivity index (χ0v) is 14.7. The van der Waals surface area contributed by atoms with E-state index in [2.05, 4.69) is 10.1 Å². The Kier molecular flexibility index (Phi) is 3.73. The summed E-state index contributed by atoms with van der Waals surface area (Å²) in [7, 11) is -3.18. The summed E-state index contributed by atoms with van der Waals surface area (Å²) in [4.78, 5) is 4.28. The molecular weight excluding hydrogens is 344 g/mol. The molecule has 3 aromatic rings. The van der Waals surface area contributed by atoms with Gasteiger partial charge < -0.3 is 0 Å². The normalized spacial score (nSPS) is 16.8. The highest BCUT2D eigenvalue weighted by Gasteiger charge is 2.28. The summed E-state index contributed by atoms with van der Waals surface area (Å²) in [5.41, 5.74) is 3.46. The van der Waals surface area contributed by atoms with Crippen LogP contribution in [0.5, 0.6) is 0 Å². The van der Waals surface area contributed by atoms with E-state index in [0.717, 1.165) is 16.8 Å². The van der Waals surface area contributed by atoms with Crippen LogP contribution >= 0.6 is 11.8 Å². The summed E-state index contributed by atoms with van der Waals surface area (Å²) in [6, 6.07) is 11.5. The molecule has 1 fully saturated rings. The van der Waals surface area contributed by atoms with Crippen LogP contribution in [0.15, 0.2) is 47.8 Å². The van der Waals surface area contributed by atoms with Crippen molar-refractivity contribution in [3.63, 3.8) is 0 Å². The molecule has 0 bridgehead atoms. The fourth-order valence-electron chi connectivity index (χ4n) is 2.95. The smallest absolute Gasteiger partial charge is 0.235 e. The number of hydrogen-bond donors (Lipinski definition) is 0. The highest BCUT2D eigenvalue weighted by atomic mass is 32.2. The van der Waals surface area contributed by atoms with Crippen molar-refractivity contribution in [2.75, 3.05) is 22.9 Å². The fourth-order valence-corrected chi connectivity index (χ4v) is 4.83. The minimum absolute atomic E-state index is 0.218. The molecule has 4 rings (SSSR count). The third kappa shape index (κ3) is 2.55. The Labute approximate surface area is 144 Å². The predicted octanol–water partition coefficient (Wildman–Crippen LogP) is 2.66. The number of thioether (sulfide) groups is 1. The molecule has 0 amide bonds. The SMILES string of the molecule is CSc1ncc2ccc(-c3cccc(N4CCCS4(=O)=O)c3)n2n1. The van der Waals surface area contributed by atoms with E-state index in [1.807, 2.05) is 47.2 Å². The Morgan fingerprint density at radius 1 is 1.21 bits per heavy atom. The van der Waals surface area contributed by atoms with Gasteiger partial charge in [0.1, 0.15) is 0 Å². The van der Waals surface area contributed by atoms with Gasteiger partial charge >= 0.3 is 0 Å². The van der Waals surface area contributed by atoms with Crippen LogP contribution in [-0.2, 0) is 10.0 Å². The number of sulfonamides is 1. The highest BCUT2D eigenvalue weighted by molar-refractivity contribution is 7.98. The first-order valence-electron chi connectivity index (χ1n) is 7.58. The molecule has 24 heavy (non-hydrogen) atoms. The van der Waals surface area contributed by atoms with E-state index in [0.29, 0.717) is 23.8 Å². The molecule has 1 aromatic carbocycles. The van der Waals surface area contributed by atoms with Gasteiger partial charge in [-0.1, -0.05) is 23.9 Å². The molecule has 0 radical (unpaired) electrons. The van der Waals surface area contributed by atoms with Crippen molar-refractivity contribution in [3.05, 3.63) is 42.6 Å². The quantitative estimate of drug-likeness (QED) is 0.672. The van der Waals surface area contributed by atoms with E-state index in [9.17, 15) is 8.42 Å². The van der Waals surface area contributed by atoms with Crippen LogP contribution in [-0.4, -0.2) is 41.6 Å². The zero-order chi connectivity index (χ0) is 16.7. The Morgan fingerprint density at radius 2 is 2.08 bits per heavy atom. The topological polar surface area (TPSA) is 67.6 Å². The molecule has 6 nitrogen and oxygen atoms in total. The van der Waals surface area contributed by atoms with Crippen molar-refractivity contribution in [3.8, 4) is 11.3 Å². The van der Waals surface area contributed by atoms with Crippen molar-refractivity contribution in [2.45, 2.75) is 11.6 Å². The van der Waals surface area contributed by atoms with Crippen molar-refractivity contribution >= 4 is 33.0 Å². The molecule has 2 aromatic heterocycles. The fraction of sp³-hybridized carbons (Fsp3) is 0.250. The number of hydrogen-bond acceptors (Lipinski definition) is 5. The molecule has 3 heterocycles. The van der Waals surface area contributed by atoms with Gasteiger partial charge in [0.25, 0.3) is 0 Å². The van der Waals surface area contributed by atoms with E-state index < -0.39 is 10.0 Å². The van der Waals surface area contributed by atoms with Gasteiger partial charge in [0.2, 0.25) is 15.2 Å². The third-order valence-corrected chi connectivity index (χ3v) is 6.51. The van der Waals surface area contributed by atoms with Crippen LogP contribution in [0.25, 0.3) is 16.8 Å². The molecule has 1 saturated heterocycles. The molecule has 124 valence electrons. The summed E-state index contributed by atoms with van der Waals surface area (Å²) >= 11 is 1.48. The molecule has 1 aliphatic heterocycles. The molecule has 0 N–H and O–H groups in total. The van der Waals surface area contributed by atoms with E-state index in [1.54, 1.807) is 6.20 Å². The number of anilines is 1. The van der Waals surface area contributed by atoms with Crippen LogP contribution in [0, 0.1) is 0 Å². The molecule has 0 unspecified atom stereocenters. The van der Waals surface area contributed by atoms with Crippen molar-refractivity contribution < 1.29 is 8.42 Å². The van der Waals surface area contributed by atoms with Crippen LogP contribution in [0.4, 0.5) is 5.69 Å². The summed E-state index contributed by atoms with van der Waals surface area (Å²) in [5.74, 6) is 0.218. The number of benzene rings is 1. The first-order valence-corrected chi connectivity index (χ1v) is 10.4. The molecule has 0 saturated carbocycles. The highest BCUT2D eigenvalue weighted by Crippen LogP contribution is 2.29. The zero-order valence-electron chi connectivity index (χ0n) is 13.1. The van der Waals surface area contributed by atoms with Gasteiger partial charge in [-0.3, -0.25) is 4.31 Å². The van der Waals surface area contributed by atoms with E-state index in [1.165, 1.54) is 16.1 Å². The molecule has 1 aliphatic rings. The minimum atomic E-state index is -3.18. The maximum atomic E-state index is 12.2. The van der Waals surface area contributed by atoms with Crippen LogP contribution in [0.1, 0.15) is 6.42 Å². The van der Waals surface area contributed by atoms with Gasteiger partial charge in [-0.2, -0.15) is 0 Å². The van der Waals surface area contributed by atoms with Gasteiger partial charge in [-0.15, -0.1) is 5.10 Å². The second-order valence-electron chi connectivity index (χ2n) is 5.59. The van der Waals surface area contributed by atoms with Gasteiger partial charge in [0.05, 0.1) is 28.8 Å². The largest absolute Gasteiger partial charge is 0.270 e. The van der Waals surface area contributed by atoms with Crippen LogP contribution in [0.2, 0.25) is 0 Å². The summed E-state index contributed by atoms with van der Waals surface area (Å²) in [6.07, 6.45) is 4.39. The minimum Gasteiger partial charge on any atom is -0.270 e. The molecule has 0 spiro atoms. The molecule has 0 atom stereocenters. The number of aromatic nitrogens is 3. The maximum absolute atomic E-state index is 12.2. The van der Waals surface area contributed by atoms with Gasteiger partial charge in [-0.05, 0) is 36.9 Å². The molecule has 0 aliphatic carbocycles. The molecular formula is C16H16N4O2S2. The predicted molar refractivity (Wildman–Crippen MR) is 96.0 cm³/mol. The van der Waals surface area contributed by atoms with Crippen molar-refractivity contribution in [2.24, 2.45) is 0 Å². The average molecular weight is 360 g/mol. The summed E-state index contributed by atoms with van der Waals surface area (Å²) in [6.45, 7) is 0.541. The van der Waals surface area contributed by atoms with E-state index in [4.69, 9.17) is 0 Å².